The van der Waals surface area contributed by atoms with Crippen molar-refractivity contribution in [2.24, 2.45) is 0 Å². The molecule has 5 aromatic rings. The number of benzene rings is 5. The minimum atomic E-state index is -2.03. The normalized spacial score (nSPS) is 15.6. The van der Waals surface area contributed by atoms with Crippen molar-refractivity contribution in [1.29, 1.82) is 0 Å². The van der Waals surface area contributed by atoms with Gasteiger partial charge in [0.1, 0.15) is 34.3 Å². The Morgan fingerprint density at radius 1 is 0.548 bits per heavy atom. The molecule has 0 saturated carbocycles. The maximum Gasteiger partial charge on any atom is 0.532 e. The van der Waals surface area contributed by atoms with Crippen LogP contribution < -0.4 is 22.6 Å². The van der Waals surface area contributed by atoms with Gasteiger partial charge in [0.2, 0.25) is 0 Å². The molecule has 2 heterocycles. The van der Waals surface area contributed by atoms with E-state index in [0.29, 0.717) is 22.8 Å². The topological polar surface area (TPSA) is 72.5 Å². The second-order valence-corrected chi connectivity index (χ2v) is 12.3. The lowest BCUT2D eigenvalue weighted by molar-refractivity contribution is 0.0697. The first-order chi connectivity index (χ1) is 20.3. The van der Waals surface area contributed by atoms with E-state index in [1.54, 1.807) is 18.2 Å². The number of hydrogen-bond donors (Lipinski definition) is 0. The van der Waals surface area contributed by atoms with Crippen molar-refractivity contribution in [3.63, 3.8) is 0 Å². The van der Waals surface area contributed by atoms with Crippen LogP contribution in [0.2, 0.25) is 0 Å². The Labute approximate surface area is 245 Å². The molecule has 7 nitrogen and oxygen atoms in total. The van der Waals surface area contributed by atoms with Crippen LogP contribution >= 0.6 is 17.2 Å². The summed E-state index contributed by atoms with van der Waals surface area (Å²) < 4.78 is 36.9. The molecular formula is C33H26O7P2. The largest absolute Gasteiger partial charge is 0.532 e. The summed E-state index contributed by atoms with van der Waals surface area (Å²) in [6, 6.07) is 27.0. The van der Waals surface area contributed by atoms with Gasteiger partial charge in [-0.3, -0.25) is 0 Å². The summed E-state index contributed by atoms with van der Waals surface area (Å²) in [4.78, 5) is 12.7. The zero-order valence-corrected chi connectivity index (χ0v) is 25.1. The quantitative estimate of drug-likeness (QED) is 0.187. The van der Waals surface area contributed by atoms with E-state index in [9.17, 15) is 4.79 Å². The molecule has 0 radical (unpaired) electrons. The van der Waals surface area contributed by atoms with Gasteiger partial charge >= 0.3 is 23.2 Å². The van der Waals surface area contributed by atoms with Gasteiger partial charge in [-0.25, -0.2) is 4.79 Å². The van der Waals surface area contributed by atoms with Crippen molar-refractivity contribution < 1.29 is 31.9 Å². The van der Waals surface area contributed by atoms with Crippen LogP contribution in [0.25, 0.3) is 21.9 Å². The zero-order chi connectivity index (χ0) is 29.0. The molecule has 2 aliphatic rings. The van der Waals surface area contributed by atoms with Gasteiger partial charge in [-0.05, 0) is 91.7 Å². The smallest absolute Gasteiger partial charge is 0.408 e. The molecule has 9 heteroatoms. The fraction of sp³-hybridized carbons (Fsp3) is 0.121. The molecule has 1 atom stereocenters. The van der Waals surface area contributed by atoms with Gasteiger partial charge in [-0.15, -0.1) is 0 Å². The minimum Gasteiger partial charge on any atom is -0.408 e. The van der Waals surface area contributed by atoms with Crippen molar-refractivity contribution >= 4 is 33.9 Å². The van der Waals surface area contributed by atoms with Crippen LogP contribution in [-0.4, -0.2) is 5.97 Å². The number of fused-ring (bicyclic) bond motifs is 1. The summed E-state index contributed by atoms with van der Waals surface area (Å²) in [7, 11) is -3.83. The van der Waals surface area contributed by atoms with E-state index < -0.39 is 23.2 Å². The second kappa shape index (κ2) is 10.5. The molecule has 0 amide bonds. The number of para-hydroxylation sites is 1. The number of rotatable bonds is 5. The molecule has 0 N–H and O–H groups in total. The van der Waals surface area contributed by atoms with Crippen LogP contribution in [0.5, 0.6) is 28.7 Å². The van der Waals surface area contributed by atoms with Crippen molar-refractivity contribution in [1.82, 2.24) is 0 Å². The predicted molar refractivity (Wildman–Crippen MR) is 164 cm³/mol. The molecule has 5 aromatic carbocycles. The minimum absolute atomic E-state index is 0.373. The Hall–Kier alpha value is -4.31. The average molecular weight is 597 g/mol. The molecule has 0 spiro atoms. The highest BCUT2D eigenvalue weighted by molar-refractivity contribution is 7.43. The molecule has 210 valence electrons. The lowest BCUT2D eigenvalue weighted by Crippen LogP contribution is -2.15. The molecule has 0 bridgehead atoms. The van der Waals surface area contributed by atoms with Crippen LogP contribution in [0.15, 0.2) is 84.9 Å². The lowest BCUT2D eigenvalue weighted by atomic mass is 9.95. The molecule has 1 unspecified atom stereocenters. The van der Waals surface area contributed by atoms with E-state index in [4.69, 9.17) is 27.1 Å². The van der Waals surface area contributed by atoms with E-state index in [0.717, 1.165) is 55.7 Å². The van der Waals surface area contributed by atoms with Crippen molar-refractivity contribution in [3.8, 4) is 39.9 Å². The summed E-state index contributed by atoms with van der Waals surface area (Å²) >= 11 is 0. The van der Waals surface area contributed by atoms with E-state index >= 15 is 0 Å². The molecule has 7 rings (SSSR count). The van der Waals surface area contributed by atoms with Gasteiger partial charge in [0, 0.05) is 11.1 Å². The highest BCUT2D eigenvalue weighted by Crippen LogP contribution is 2.55. The van der Waals surface area contributed by atoms with Gasteiger partial charge in [0.25, 0.3) is 0 Å². The van der Waals surface area contributed by atoms with Crippen LogP contribution in [-0.2, 0) is 4.52 Å². The molecule has 2 aliphatic heterocycles. The third-order valence-corrected chi connectivity index (χ3v) is 9.09. The number of carbonyl (C=O) groups excluding carboxylic acids is 1. The van der Waals surface area contributed by atoms with Crippen molar-refractivity contribution in [2.75, 3.05) is 0 Å². The summed E-state index contributed by atoms with van der Waals surface area (Å²) in [6.07, 6.45) is 0. The van der Waals surface area contributed by atoms with E-state index in [1.165, 1.54) is 0 Å². The van der Waals surface area contributed by atoms with Gasteiger partial charge in [-0.1, -0.05) is 48.5 Å². The van der Waals surface area contributed by atoms with Crippen molar-refractivity contribution in [2.45, 2.75) is 27.7 Å². The highest BCUT2D eigenvalue weighted by atomic mass is 31.2. The molecule has 0 aliphatic carbocycles. The predicted octanol–water partition coefficient (Wildman–Crippen LogP) is 9.67. The summed E-state index contributed by atoms with van der Waals surface area (Å²) in [5.41, 5.74) is 5.83. The Morgan fingerprint density at radius 2 is 1.05 bits per heavy atom. The number of carbonyl (C=O) groups is 1. The first-order valence-corrected chi connectivity index (χ1v) is 15.6. The monoisotopic (exact) mass is 596 g/mol. The molecular weight excluding hydrogens is 570 g/mol. The first kappa shape index (κ1) is 26.6. The standard InChI is InChI=1S/C33H26O7P2/c1-19-15-21(3)31(38-41-36-28-13-7-9-23-10-8-14-29(37-41)30(23)28)25(17-19)26-18-20(2)16-22(4)32(26)39-42-35-27-12-6-5-11-24(27)33(34)40-42/h5-18H,1-4H3. The zero-order valence-electron chi connectivity index (χ0n) is 23.3. The summed E-state index contributed by atoms with van der Waals surface area (Å²) in [5, 5.41) is 1.97. The van der Waals surface area contributed by atoms with Crippen molar-refractivity contribution in [3.05, 3.63) is 113 Å². The van der Waals surface area contributed by atoms with Crippen LogP contribution in [0, 0.1) is 27.7 Å². The van der Waals surface area contributed by atoms with Gasteiger partial charge in [0.15, 0.2) is 0 Å². The van der Waals surface area contributed by atoms with Gasteiger partial charge in [-0.2, -0.15) is 0 Å². The molecule has 0 saturated heterocycles. The van der Waals surface area contributed by atoms with Crippen LogP contribution in [0.4, 0.5) is 0 Å². The van der Waals surface area contributed by atoms with E-state index in [2.05, 4.69) is 6.07 Å². The van der Waals surface area contributed by atoms with Gasteiger partial charge < -0.3 is 27.1 Å². The third kappa shape index (κ3) is 4.79. The lowest BCUT2D eigenvalue weighted by Gasteiger charge is -2.27. The maximum atomic E-state index is 12.7. The average Bonchev–Trinajstić information content (AvgIpc) is 2.96. The number of aryl methyl sites for hydroxylation is 4. The Balaban J connectivity index is 1.27. The van der Waals surface area contributed by atoms with Gasteiger partial charge in [0.05, 0.1) is 5.39 Å². The van der Waals surface area contributed by atoms with E-state index in [-0.39, 0.29) is 0 Å². The third-order valence-electron chi connectivity index (χ3n) is 7.07. The molecule has 0 aromatic heterocycles. The Morgan fingerprint density at radius 3 is 1.64 bits per heavy atom. The van der Waals surface area contributed by atoms with Crippen LogP contribution in [0.3, 0.4) is 0 Å². The fourth-order valence-electron chi connectivity index (χ4n) is 5.31. The second-order valence-electron chi connectivity index (χ2n) is 10.3. The van der Waals surface area contributed by atoms with Crippen LogP contribution in [0.1, 0.15) is 32.6 Å². The Bertz CT molecular complexity index is 1850. The maximum absolute atomic E-state index is 12.7. The van der Waals surface area contributed by atoms with E-state index in [1.807, 2.05) is 88.4 Å². The highest BCUT2D eigenvalue weighted by Gasteiger charge is 2.34. The fourth-order valence-corrected chi connectivity index (χ4v) is 7.50. The summed E-state index contributed by atoms with van der Waals surface area (Å²) in [5.74, 6) is 2.57. The Kier molecular flexibility index (Phi) is 6.65. The number of hydrogen-bond acceptors (Lipinski definition) is 7. The first-order valence-electron chi connectivity index (χ1n) is 13.4. The SMILES string of the molecule is Cc1cc(C)c(OP2OC(=O)c3ccccc3O2)c(-c2cc(C)cc(C)c2OP2Oc3cccc4cccc(c34)O2)c1. The molecule has 0 fully saturated rings. The molecule has 42 heavy (non-hydrogen) atoms. The summed E-state index contributed by atoms with van der Waals surface area (Å²) in [6.45, 7) is 8.01.